The maximum atomic E-state index is 6.03. The van der Waals surface area contributed by atoms with Crippen LogP contribution in [0.5, 0.6) is 0 Å². The highest BCUT2D eigenvalue weighted by atomic mass is 35.5. The summed E-state index contributed by atoms with van der Waals surface area (Å²) in [7, 11) is 0. The van der Waals surface area contributed by atoms with Crippen molar-refractivity contribution in [3.05, 3.63) is 23.3 Å². The Kier molecular flexibility index (Phi) is 3.53. The van der Waals surface area contributed by atoms with E-state index in [0.29, 0.717) is 0 Å². The normalized spacial score (nSPS) is 21.7. The Morgan fingerprint density at radius 3 is 2.94 bits per heavy atom. The molecule has 0 amide bonds. The van der Waals surface area contributed by atoms with Crippen LogP contribution in [-0.2, 0) is 6.42 Å². The van der Waals surface area contributed by atoms with Crippen molar-refractivity contribution in [1.82, 2.24) is 0 Å². The first kappa shape index (κ1) is 12.6. The molecule has 1 aromatic rings. The molecule has 0 spiro atoms. The smallest absolute Gasteiger partial charge is 0.0435 e. The Bertz CT molecular complexity index is 417. The number of halogens is 1. The molecule has 0 radical (unpaired) electrons. The first-order valence-electron chi connectivity index (χ1n) is 6.47. The number of nitrogens with two attached hydrogens (primary N) is 1. The van der Waals surface area contributed by atoms with Crippen LogP contribution in [0.25, 0.3) is 0 Å². The molecule has 3 rings (SSSR count). The summed E-state index contributed by atoms with van der Waals surface area (Å²) >= 11 is 0. The van der Waals surface area contributed by atoms with E-state index < -0.39 is 0 Å². The topological polar surface area (TPSA) is 29.3 Å². The molecule has 2 aliphatic rings. The molecule has 1 unspecified atom stereocenters. The van der Waals surface area contributed by atoms with Crippen molar-refractivity contribution in [2.24, 2.45) is 0 Å². The second-order valence-electron chi connectivity index (χ2n) is 5.10. The fourth-order valence-electron chi connectivity index (χ4n) is 3.32. The van der Waals surface area contributed by atoms with Crippen molar-refractivity contribution in [3.63, 3.8) is 0 Å². The summed E-state index contributed by atoms with van der Waals surface area (Å²) in [4.78, 5) is 2.57. The van der Waals surface area contributed by atoms with E-state index in [1.54, 1.807) is 0 Å². The van der Waals surface area contributed by atoms with Crippen LogP contribution in [0.2, 0.25) is 0 Å². The predicted molar refractivity (Wildman–Crippen MR) is 76.3 cm³/mol. The minimum Gasteiger partial charge on any atom is -0.399 e. The molecule has 2 N–H and O–H groups in total. The van der Waals surface area contributed by atoms with E-state index in [2.05, 4.69) is 24.0 Å². The summed E-state index contributed by atoms with van der Waals surface area (Å²) in [6, 6.07) is 4.40. The fraction of sp³-hybridized carbons (Fsp3) is 0.571. The summed E-state index contributed by atoms with van der Waals surface area (Å²) < 4.78 is 0. The molecule has 0 aromatic heterocycles. The molecule has 0 bridgehead atoms. The zero-order valence-electron chi connectivity index (χ0n) is 10.4. The van der Waals surface area contributed by atoms with Crippen LogP contribution in [-0.4, -0.2) is 13.1 Å². The van der Waals surface area contributed by atoms with Crippen LogP contribution in [0.4, 0.5) is 11.4 Å². The number of rotatable bonds is 1. The Balaban J connectivity index is 0.00000108. The largest absolute Gasteiger partial charge is 0.399 e. The maximum absolute atomic E-state index is 6.03. The van der Waals surface area contributed by atoms with E-state index in [0.717, 1.165) is 11.6 Å². The third-order valence-electron chi connectivity index (χ3n) is 4.11. The van der Waals surface area contributed by atoms with Crippen molar-refractivity contribution in [2.75, 3.05) is 23.7 Å². The average molecular weight is 253 g/mol. The van der Waals surface area contributed by atoms with Gasteiger partial charge in [0.15, 0.2) is 0 Å². The van der Waals surface area contributed by atoms with E-state index in [9.17, 15) is 0 Å². The molecule has 2 heterocycles. The van der Waals surface area contributed by atoms with Crippen LogP contribution < -0.4 is 10.6 Å². The maximum Gasteiger partial charge on any atom is 0.0435 e. The predicted octanol–water partition coefficient (Wildman–Crippen LogP) is 3.34. The molecular formula is C14H21ClN2. The minimum absolute atomic E-state index is 0. The van der Waals surface area contributed by atoms with Gasteiger partial charge < -0.3 is 10.6 Å². The van der Waals surface area contributed by atoms with Crippen molar-refractivity contribution >= 4 is 23.8 Å². The molecule has 2 nitrogen and oxygen atoms in total. The molecule has 2 aliphatic heterocycles. The Labute approximate surface area is 110 Å². The Morgan fingerprint density at radius 2 is 2.18 bits per heavy atom. The molecule has 3 heteroatoms. The highest BCUT2D eigenvalue weighted by Crippen LogP contribution is 2.42. The van der Waals surface area contributed by atoms with Crippen LogP contribution >= 0.6 is 12.4 Å². The highest BCUT2D eigenvalue weighted by molar-refractivity contribution is 5.85. The molecule has 94 valence electrons. The van der Waals surface area contributed by atoms with Crippen molar-refractivity contribution in [1.29, 1.82) is 0 Å². The van der Waals surface area contributed by atoms with E-state index in [1.165, 1.54) is 55.6 Å². The molecule has 0 fully saturated rings. The lowest BCUT2D eigenvalue weighted by atomic mass is 9.83. The number of benzene rings is 1. The monoisotopic (exact) mass is 252 g/mol. The summed E-state index contributed by atoms with van der Waals surface area (Å²) in [6.45, 7) is 4.77. The SMILES string of the molecule is CCC1CCN2CCCc3cc(N)cc1c32.Cl. The summed E-state index contributed by atoms with van der Waals surface area (Å²) in [5, 5.41) is 0. The van der Waals surface area contributed by atoms with Gasteiger partial charge in [-0.05, 0) is 54.9 Å². The third kappa shape index (κ3) is 1.99. The molecule has 1 aromatic carbocycles. The van der Waals surface area contributed by atoms with Gasteiger partial charge in [0.1, 0.15) is 0 Å². The number of hydrogen-bond donors (Lipinski definition) is 1. The van der Waals surface area contributed by atoms with Crippen LogP contribution in [0, 0.1) is 0 Å². The second kappa shape index (κ2) is 4.77. The zero-order valence-corrected chi connectivity index (χ0v) is 11.2. The van der Waals surface area contributed by atoms with E-state index in [1.807, 2.05) is 0 Å². The lowest BCUT2D eigenvalue weighted by Crippen LogP contribution is -2.35. The van der Waals surface area contributed by atoms with Gasteiger partial charge in [-0.15, -0.1) is 12.4 Å². The standard InChI is InChI=1S/C14H20N2.ClH/c1-2-10-5-7-16-6-3-4-11-8-12(15)9-13(10)14(11)16;/h8-10H,2-7,15H2,1H3;1H. The van der Waals surface area contributed by atoms with Crippen LogP contribution in [0.3, 0.4) is 0 Å². The van der Waals surface area contributed by atoms with E-state index in [4.69, 9.17) is 5.73 Å². The van der Waals surface area contributed by atoms with Gasteiger partial charge >= 0.3 is 0 Å². The minimum atomic E-state index is 0. The number of aryl methyl sites for hydroxylation is 1. The summed E-state index contributed by atoms with van der Waals surface area (Å²) in [5.41, 5.74) is 11.5. The van der Waals surface area contributed by atoms with Gasteiger partial charge in [-0.3, -0.25) is 0 Å². The zero-order chi connectivity index (χ0) is 11.1. The first-order chi connectivity index (χ1) is 7.79. The van der Waals surface area contributed by atoms with Gasteiger partial charge in [-0.1, -0.05) is 6.92 Å². The van der Waals surface area contributed by atoms with Crippen molar-refractivity contribution in [2.45, 2.75) is 38.5 Å². The van der Waals surface area contributed by atoms with Gasteiger partial charge in [-0.2, -0.15) is 0 Å². The lowest BCUT2D eigenvalue weighted by molar-refractivity contribution is 0.542. The number of hydrogen-bond acceptors (Lipinski definition) is 2. The highest BCUT2D eigenvalue weighted by Gasteiger charge is 2.28. The second-order valence-corrected chi connectivity index (χ2v) is 5.10. The van der Waals surface area contributed by atoms with Gasteiger partial charge in [0.05, 0.1) is 0 Å². The van der Waals surface area contributed by atoms with Gasteiger partial charge in [0.2, 0.25) is 0 Å². The first-order valence-corrected chi connectivity index (χ1v) is 6.47. The average Bonchev–Trinajstić information content (AvgIpc) is 2.29. The lowest BCUT2D eigenvalue weighted by Gasteiger charge is -2.40. The molecule has 0 aliphatic carbocycles. The molecular weight excluding hydrogens is 232 g/mol. The van der Waals surface area contributed by atoms with E-state index >= 15 is 0 Å². The van der Waals surface area contributed by atoms with Gasteiger partial charge in [-0.25, -0.2) is 0 Å². The van der Waals surface area contributed by atoms with E-state index in [-0.39, 0.29) is 12.4 Å². The van der Waals surface area contributed by atoms with Crippen molar-refractivity contribution in [3.8, 4) is 0 Å². The van der Waals surface area contributed by atoms with Gasteiger partial charge in [0, 0.05) is 24.5 Å². The Hall–Kier alpha value is -0.890. The molecule has 1 atom stereocenters. The fourth-order valence-corrected chi connectivity index (χ4v) is 3.32. The number of nitrogens with zero attached hydrogens (tertiary/aromatic N) is 1. The van der Waals surface area contributed by atoms with Crippen LogP contribution in [0.1, 0.15) is 43.2 Å². The third-order valence-corrected chi connectivity index (χ3v) is 4.11. The quantitative estimate of drug-likeness (QED) is 0.777. The molecule has 0 saturated carbocycles. The number of anilines is 2. The molecule has 17 heavy (non-hydrogen) atoms. The van der Waals surface area contributed by atoms with Crippen LogP contribution in [0.15, 0.2) is 12.1 Å². The summed E-state index contributed by atoms with van der Waals surface area (Å²) in [5.74, 6) is 0.728. The van der Waals surface area contributed by atoms with Crippen molar-refractivity contribution < 1.29 is 0 Å². The Morgan fingerprint density at radius 1 is 1.35 bits per heavy atom. The summed E-state index contributed by atoms with van der Waals surface area (Å²) in [6.07, 6.45) is 5.03. The van der Waals surface area contributed by atoms with Gasteiger partial charge in [0.25, 0.3) is 0 Å². The number of nitrogen functional groups attached to an aromatic ring is 1. The molecule has 0 saturated heterocycles.